The van der Waals surface area contributed by atoms with Gasteiger partial charge < -0.3 is 14.8 Å². The minimum atomic E-state index is -4.81. The van der Waals surface area contributed by atoms with Gasteiger partial charge in [-0.25, -0.2) is 8.42 Å². The van der Waals surface area contributed by atoms with Crippen molar-refractivity contribution in [1.29, 1.82) is 0 Å². The van der Waals surface area contributed by atoms with E-state index in [1.54, 1.807) is 6.92 Å². The van der Waals surface area contributed by atoms with Crippen LogP contribution in [0.4, 0.5) is 13.2 Å². The number of carbonyl (C=O) groups excluding carboxylic acids is 2. The molecule has 2 rings (SSSR count). The largest absolute Gasteiger partial charge is 0.455 e. The number of ether oxygens (including phenoxy) is 2. The molecule has 1 atom stereocenters. The number of amides is 1. The molecule has 1 aliphatic rings. The normalized spacial score (nSPS) is 17.2. The lowest BCUT2D eigenvalue weighted by molar-refractivity contribution is -0.153. The molecule has 1 amide bonds. The molecule has 0 aromatic heterocycles. The number of carbonyl (C=O) groups is 2. The number of sulfonamides is 1. The molecular weight excluding hydrogens is 441 g/mol. The molecule has 1 aromatic carbocycles. The number of benzene rings is 1. The topological polar surface area (TPSA) is 102 Å². The fourth-order valence-corrected chi connectivity index (χ4v) is 4.94. The number of nitrogens with zero attached hydrogens (tertiary/aromatic N) is 1. The summed E-state index contributed by atoms with van der Waals surface area (Å²) in [5.74, 6) is -1.79. The van der Waals surface area contributed by atoms with Gasteiger partial charge in [0.25, 0.3) is 5.91 Å². The molecule has 1 fully saturated rings. The number of alkyl halides is 3. The Morgan fingerprint density at radius 2 is 1.84 bits per heavy atom. The molecule has 0 bridgehead atoms. The standard InChI is InChI=1S/C19H25F3N2O6S/c1-13(11-29-2)23-17(25)12-30-18(26)14-7-9-24(10-8-14)31(27,28)16-6-4-3-5-15(16)19(20,21)22/h3-6,13-14H,7-12H2,1-2H3,(H,23,25). The van der Waals surface area contributed by atoms with Crippen LogP contribution in [0.3, 0.4) is 0 Å². The van der Waals surface area contributed by atoms with Gasteiger partial charge in [0, 0.05) is 26.2 Å². The number of hydrogen-bond donors (Lipinski definition) is 1. The van der Waals surface area contributed by atoms with E-state index in [1.807, 2.05) is 0 Å². The summed E-state index contributed by atoms with van der Waals surface area (Å²) in [6.45, 7) is 1.27. The summed E-state index contributed by atoms with van der Waals surface area (Å²) in [5, 5.41) is 2.58. The zero-order valence-electron chi connectivity index (χ0n) is 17.1. The maximum absolute atomic E-state index is 13.2. The van der Waals surface area contributed by atoms with Crippen LogP contribution in [0, 0.1) is 5.92 Å². The van der Waals surface area contributed by atoms with Crippen LogP contribution >= 0.6 is 0 Å². The highest BCUT2D eigenvalue weighted by molar-refractivity contribution is 7.89. The highest BCUT2D eigenvalue weighted by Gasteiger charge is 2.40. The molecule has 1 aliphatic heterocycles. The summed E-state index contributed by atoms with van der Waals surface area (Å²) in [6, 6.07) is 3.72. The zero-order chi connectivity index (χ0) is 23.2. The van der Waals surface area contributed by atoms with Gasteiger partial charge in [-0.15, -0.1) is 0 Å². The van der Waals surface area contributed by atoms with Crippen LogP contribution in [0.5, 0.6) is 0 Å². The number of halogens is 3. The van der Waals surface area contributed by atoms with Crippen LogP contribution in [0.15, 0.2) is 29.2 Å². The average molecular weight is 466 g/mol. The van der Waals surface area contributed by atoms with Crippen LogP contribution < -0.4 is 5.32 Å². The van der Waals surface area contributed by atoms with Gasteiger partial charge in [0.2, 0.25) is 10.0 Å². The van der Waals surface area contributed by atoms with Crippen molar-refractivity contribution in [2.75, 3.05) is 33.4 Å². The Labute approximate surface area is 178 Å². The smallest absolute Gasteiger partial charge is 0.417 e. The number of piperidine rings is 1. The number of hydrogen-bond acceptors (Lipinski definition) is 6. The molecular formula is C19H25F3N2O6S. The SMILES string of the molecule is COCC(C)NC(=O)COC(=O)C1CCN(S(=O)(=O)c2ccccc2C(F)(F)F)CC1. The average Bonchev–Trinajstić information content (AvgIpc) is 2.71. The quantitative estimate of drug-likeness (QED) is 0.587. The summed E-state index contributed by atoms with van der Waals surface area (Å²) >= 11 is 0. The molecule has 1 heterocycles. The van der Waals surface area contributed by atoms with Crippen LogP contribution in [-0.2, 0) is 35.3 Å². The third kappa shape index (κ3) is 6.65. The Balaban J connectivity index is 1.94. The molecule has 8 nitrogen and oxygen atoms in total. The van der Waals surface area contributed by atoms with Gasteiger partial charge in [0.05, 0.1) is 23.0 Å². The lowest BCUT2D eigenvalue weighted by Gasteiger charge is -2.30. The lowest BCUT2D eigenvalue weighted by Crippen LogP contribution is -2.42. The Hall–Kier alpha value is -2.18. The van der Waals surface area contributed by atoms with Crippen molar-refractivity contribution < 1.29 is 40.7 Å². The summed E-state index contributed by atoms with van der Waals surface area (Å²) in [7, 11) is -2.90. The van der Waals surface area contributed by atoms with Gasteiger partial charge in [-0.05, 0) is 31.9 Å². The van der Waals surface area contributed by atoms with Gasteiger partial charge in [-0.2, -0.15) is 17.5 Å². The van der Waals surface area contributed by atoms with Crippen molar-refractivity contribution in [1.82, 2.24) is 9.62 Å². The van der Waals surface area contributed by atoms with Crippen LogP contribution in [-0.4, -0.2) is 64.1 Å². The van der Waals surface area contributed by atoms with Crippen molar-refractivity contribution in [3.05, 3.63) is 29.8 Å². The monoisotopic (exact) mass is 466 g/mol. The van der Waals surface area contributed by atoms with Crippen molar-refractivity contribution in [2.45, 2.75) is 36.9 Å². The highest BCUT2D eigenvalue weighted by atomic mass is 32.2. The second-order valence-corrected chi connectivity index (χ2v) is 9.11. The first-order valence-corrected chi connectivity index (χ1v) is 11.0. The number of esters is 1. The molecule has 0 aliphatic carbocycles. The van der Waals surface area contributed by atoms with E-state index in [2.05, 4.69) is 5.32 Å². The molecule has 174 valence electrons. The minimum absolute atomic E-state index is 0.0773. The third-order valence-corrected chi connectivity index (χ3v) is 6.72. The first-order chi connectivity index (χ1) is 14.5. The van der Waals surface area contributed by atoms with E-state index in [0.717, 1.165) is 22.5 Å². The second kappa shape index (κ2) is 10.4. The predicted molar refractivity (Wildman–Crippen MR) is 103 cm³/mol. The minimum Gasteiger partial charge on any atom is -0.455 e. The van der Waals surface area contributed by atoms with Crippen molar-refractivity contribution in [3.8, 4) is 0 Å². The molecule has 12 heteroatoms. The summed E-state index contributed by atoms with van der Waals surface area (Å²) in [4.78, 5) is 23.1. The summed E-state index contributed by atoms with van der Waals surface area (Å²) in [6.07, 6.45) is -4.66. The second-order valence-electron chi connectivity index (χ2n) is 7.20. The molecule has 31 heavy (non-hydrogen) atoms. The molecule has 1 saturated heterocycles. The van der Waals surface area contributed by atoms with E-state index in [0.29, 0.717) is 6.61 Å². The van der Waals surface area contributed by atoms with Gasteiger partial charge in [0.15, 0.2) is 6.61 Å². The van der Waals surface area contributed by atoms with Crippen LogP contribution in [0.1, 0.15) is 25.3 Å². The first-order valence-electron chi connectivity index (χ1n) is 9.58. The van der Waals surface area contributed by atoms with Gasteiger partial charge in [-0.1, -0.05) is 12.1 Å². The molecule has 1 unspecified atom stereocenters. The van der Waals surface area contributed by atoms with Gasteiger partial charge in [-0.3, -0.25) is 9.59 Å². The van der Waals surface area contributed by atoms with E-state index in [9.17, 15) is 31.2 Å². The fourth-order valence-electron chi connectivity index (χ4n) is 3.26. The van der Waals surface area contributed by atoms with Gasteiger partial charge in [0.1, 0.15) is 0 Å². The maximum atomic E-state index is 13.2. The summed E-state index contributed by atoms with van der Waals surface area (Å²) in [5.41, 5.74) is -1.23. The van der Waals surface area contributed by atoms with Crippen LogP contribution in [0.25, 0.3) is 0 Å². The molecule has 0 radical (unpaired) electrons. The number of methoxy groups -OCH3 is 1. The zero-order valence-corrected chi connectivity index (χ0v) is 18.0. The number of nitrogens with one attached hydrogen (secondary N) is 1. The molecule has 1 N–H and O–H groups in total. The summed E-state index contributed by atoms with van der Waals surface area (Å²) < 4.78 is 75.9. The lowest BCUT2D eigenvalue weighted by atomic mass is 9.98. The Morgan fingerprint density at radius 1 is 1.23 bits per heavy atom. The van der Waals surface area contributed by atoms with Crippen molar-refractivity contribution >= 4 is 21.9 Å². The molecule has 0 saturated carbocycles. The van der Waals surface area contributed by atoms with Gasteiger partial charge >= 0.3 is 12.1 Å². The van der Waals surface area contributed by atoms with Crippen molar-refractivity contribution in [2.24, 2.45) is 5.92 Å². The van der Waals surface area contributed by atoms with Crippen molar-refractivity contribution in [3.63, 3.8) is 0 Å². The Bertz CT molecular complexity index is 883. The fraction of sp³-hybridized carbons (Fsp3) is 0.579. The molecule has 1 aromatic rings. The number of rotatable bonds is 8. The first kappa shape index (κ1) is 25.1. The Kier molecular flexibility index (Phi) is 8.43. The van der Waals surface area contributed by atoms with E-state index < -0.39 is 51.1 Å². The van der Waals surface area contributed by atoms with Crippen LogP contribution in [0.2, 0.25) is 0 Å². The maximum Gasteiger partial charge on any atom is 0.417 e. The Morgan fingerprint density at radius 3 is 2.42 bits per heavy atom. The van der Waals surface area contributed by atoms with E-state index >= 15 is 0 Å². The highest BCUT2D eigenvalue weighted by Crippen LogP contribution is 2.36. The molecule has 0 spiro atoms. The van der Waals surface area contributed by atoms with E-state index in [-0.39, 0.29) is 32.0 Å². The third-order valence-electron chi connectivity index (χ3n) is 4.77. The van der Waals surface area contributed by atoms with E-state index in [1.165, 1.54) is 13.2 Å². The predicted octanol–water partition coefficient (Wildman–Crippen LogP) is 1.80. The van der Waals surface area contributed by atoms with E-state index in [4.69, 9.17) is 9.47 Å².